The van der Waals surface area contributed by atoms with E-state index < -0.39 is 20.6 Å². The maximum absolute atomic E-state index is 11.4. The second-order valence-electron chi connectivity index (χ2n) is 3.73. The van der Waals surface area contributed by atoms with Crippen LogP contribution in [0.15, 0.2) is 0 Å². The van der Waals surface area contributed by atoms with Crippen LogP contribution in [0, 0.1) is 0 Å². The summed E-state index contributed by atoms with van der Waals surface area (Å²) in [6, 6.07) is 0.345. The van der Waals surface area contributed by atoms with Crippen molar-refractivity contribution in [1.29, 1.82) is 0 Å². The molecular weight excluding hydrogens is 234 g/mol. The maximum atomic E-state index is 11.4. The highest BCUT2D eigenvalue weighted by Gasteiger charge is 2.08. The minimum atomic E-state index is -2.98. The van der Waals surface area contributed by atoms with Crippen LogP contribution in [-0.4, -0.2) is 48.7 Å². The fraction of sp³-hybridized carbons (Fsp3) is 1.00. The molecule has 0 aromatic heterocycles. The smallest absolute Gasteiger partial charge is 0.148 e. The van der Waals surface area contributed by atoms with Crippen LogP contribution in [0.2, 0.25) is 0 Å². The zero-order valence-electron chi connectivity index (χ0n) is 9.65. The quantitative estimate of drug-likeness (QED) is 0.671. The van der Waals surface area contributed by atoms with Gasteiger partial charge in [-0.2, -0.15) is 0 Å². The molecule has 0 amide bonds. The van der Waals surface area contributed by atoms with Gasteiger partial charge in [0.05, 0.1) is 5.75 Å². The molecule has 2 atom stereocenters. The zero-order chi connectivity index (χ0) is 11.9. The van der Waals surface area contributed by atoms with Crippen LogP contribution in [0.5, 0.6) is 0 Å². The predicted octanol–water partition coefficient (Wildman–Crippen LogP) is 0.168. The van der Waals surface area contributed by atoms with E-state index in [1.807, 2.05) is 13.8 Å². The molecule has 4 nitrogen and oxygen atoms in total. The molecule has 2 unspecified atom stereocenters. The van der Waals surface area contributed by atoms with Gasteiger partial charge in [0.2, 0.25) is 0 Å². The van der Waals surface area contributed by atoms with Crippen LogP contribution in [0.25, 0.3) is 0 Å². The predicted molar refractivity (Wildman–Crippen MR) is 65.3 cm³/mol. The van der Waals surface area contributed by atoms with Gasteiger partial charge in [-0.05, 0) is 19.9 Å². The number of nitrogens with one attached hydrogen (secondary N) is 1. The standard InChI is InChI=1S/C9H21NO3S2/c1-4-10-9(2)5-6-14(11)7-8-15(3,12)13/h9-10H,4-8H2,1-3H3. The van der Waals surface area contributed by atoms with Gasteiger partial charge in [0.1, 0.15) is 9.84 Å². The second-order valence-corrected chi connectivity index (χ2v) is 7.68. The van der Waals surface area contributed by atoms with E-state index in [0.717, 1.165) is 13.0 Å². The Balaban J connectivity index is 3.67. The first kappa shape index (κ1) is 15.1. The molecule has 0 radical (unpaired) electrons. The summed E-state index contributed by atoms with van der Waals surface area (Å²) < 4.78 is 33.1. The molecule has 0 aliphatic rings. The van der Waals surface area contributed by atoms with Gasteiger partial charge in [0, 0.05) is 34.6 Å². The third kappa shape index (κ3) is 10.3. The van der Waals surface area contributed by atoms with E-state index in [1.54, 1.807) is 0 Å². The van der Waals surface area contributed by atoms with Gasteiger partial charge in [-0.15, -0.1) is 0 Å². The lowest BCUT2D eigenvalue weighted by molar-refractivity contribution is 0.553. The van der Waals surface area contributed by atoms with E-state index in [4.69, 9.17) is 0 Å². The molecule has 0 aromatic carbocycles. The van der Waals surface area contributed by atoms with Crippen molar-refractivity contribution in [2.45, 2.75) is 26.3 Å². The molecule has 6 heteroatoms. The van der Waals surface area contributed by atoms with E-state index in [-0.39, 0.29) is 11.5 Å². The molecular formula is C9H21NO3S2. The zero-order valence-corrected chi connectivity index (χ0v) is 11.3. The highest BCUT2D eigenvalue weighted by atomic mass is 32.2. The summed E-state index contributed by atoms with van der Waals surface area (Å²) in [5.74, 6) is 0.858. The van der Waals surface area contributed by atoms with E-state index in [9.17, 15) is 12.6 Å². The summed E-state index contributed by atoms with van der Waals surface area (Å²) in [5.41, 5.74) is 0. The third-order valence-electron chi connectivity index (χ3n) is 2.01. The summed E-state index contributed by atoms with van der Waals surface area (Å²) >= 11 is 0. The third-order valence-corrected chi connectivity index (χ3v) is 4.57. The first-order valence-corrected chi connectivity index (χ1v) is 8.66. The lowest BCUT2D eigenvalue weighted by atomic mass is 10.3. The van der Waals surface area contributed by atoms with E-state index in [0.29, 0.717) is 11.8 Å². The van der Waals surface area contributed by atoms with Crippen LogP contribution in [0.3, 0.4) is 0 Å². The van der Waals surface area contributed by atoms with Crippen molar-refractivity contribution in [2.24, 2.45) is 0 Å². The Labute approximate surface area is 95.2 Å². The van der Waals surface area contributed by atoms with Crippen LogP contribution >= 0.6 is 0 Å². The van der Waals surface area contributed by atoms with Gasteiger partial charge in [0.15, 0.2) is 0 Å². The lowest BCUT2D eigenvalue weighted by Gasteiger charge is -2.11. The van der Waals surface area contributed by atoms with E-state index in [1.165, 1.54) is 6.26 Å². The Kier molecular flexibility index (Phi) is 7.38. The molecule has 0 heterocycles. The molecule has 0 spiro atoms. The minimum Gasteiger partial charge on any atom is -0.315 e. The molecule has 0 aromatic rings. The molecule has 92 valence electrons. The molecule has 0 saturated carbocycles. The summed E-state index contributed by atoms with van der Waals surface area (Å²) in [6.45, 7) is 4.96. The van der Waals surface area contributed by atoms with Crippen LogP contribution in [0.4, 0.5) is 0 Å². The normalized spacial score (nSPS) is 16.2. The van der Waals surface area contributed by atoms with Gasteiger partial charge >= 0.3 is 0 Å². The fourth-order valence-corrected chi connectivity index (χ4v) is 3.88. The molecule has 0 aliphatic carbocycles. The Morgan fingerprint density at radius 2 is 1.93 bits per heavy atom. The van der Waals surface area contributed by atoms with E-state index >= 15 is 0 Å². The molecule has 0 rings (SSSR count). The van der Waals surface area contributed by atoms with E-state index in [2.05, 4.69) is 5.32 Å². The van der Waals surface area contributed by atoms with Crippen LogP contribution in [-0.2, 0) is 20.6 Å². The Bertz CT molecular complexity index is 288. The van der Waals surface area contributed by atoms with Crippen molar-refractivity contribution in [2.75, 3.05) is 30.1 Å². The van der Waals surface area contributed by atoms with Crippen molar-refractivity contribution in [1.82, 2.24) is 5.32 Å². The maximum Gasteiger partial charge on any atom is 0.148 e. The summed E-state index contributed by atoms with van der Waals surface area (Å²) in [5, 5.41) is 3.22. The Hall–Kier alpha value is 0.0600. The topological polar surface area (TPSA) is 63.2 Å². The van der Waals surface area contributed by atoms with Crippen molar-refractivity contribution < 1.29 is 12.6 Å². The summed E-state index contributed by atoms with van der Waals surface area (Å²) in [6.07, 6.45) is 2.00. The Morgan fingerprint density at radius 3 is 2.40 bits per heavy atom. The number of rotatable bonds is 8. The van der Waals surface area contributed by atoms with Gasteiger partial charge in [-0.3, -0.25) is 4.21 Å². The highest BCUT2D eigenvalue weighted by Crippen LogP contribution is 1.95. The molecule has 0 saturated heterocycles. The van der Waals surface area contributed by atoms with Crippen molar-refractivity contribution in [3.63, 3.8) is 0 Å². The number of sulfone groups is 1. The average molecular weight is 255 g/mol. The first-order chi connectivity index (χ1) is 6.85. The lowest BCUT2D eigenvalue weighted by Crippen LogP contribution is -2.27. The number of hydrogen-bond donors (Lipinski definition) is 1. The SMILES string of the molecule is CCNC(C)CCS(=O)CCS(C)(=O)=O. The second kappa shape index (κ2) is 7.35. The van der Waals surface area contributed by atoms with Crippen LogP contribution in [0.1, 0.15) is 20.3 Å². The van der Waals surface area contributed by atoms with Crippen molar-refractivity contribution in [3.8, 4) is 0 Å². The van der Waals surface area contributed by atoms with Gasteiger partial charge in [-0.1, -0.05) is 6.92 Å². The number of hydrogen-bond acceptors (Lipinski definition) is 4. The van der Waals surface area contributed by atoms with Gasteiger partial charge in [0.25, 0.3) is 0 Å². The molecule has 0 aliphatic heterocycles. The minimum absolute atomic E-state index is 0.0230. The largest absolute Gasteiger partial charge is 0.315 e. The molecule has 0 bridgehead atoms. The fourth-order valence-electron chi connectivity index (χ4n) is 1.11. The molecule has 0 fully saturated rings. The first-order valence-electron chi connectivity index (χ1n) is 5.11. The monoisotopic (exact) mass is 255 g/mol. The van der Waals surface area contributed by atoms with Crippen LogP contribution < -0.4 is 5.32 Å². The van der Waals surface area contributed by atoms with Crippen molar-refractivity contribution in [3.05, 3.63) is 0 Å². The Morgan fingerprint density at radius 1 is 1.33 bits per heavy atom. The van der Waals surface area contributed by atoms with Gasteiger partial charge < -0.3 is 5.32 Å². The van der Waals surface area contributed by atoms with Crippen molar-refractivity contribution >= 4 is 20.6 Å². The average Bonchev–Trinajstić information content (AvgIpc) is 2.11. The summed E-state index contributed by atoms with van der Waals surface area (Å²) in [4.78, 5) is 0. The molecule has 1 N–H and O–H groups in total. The van der Waals surface area contributed by atoms with Gasteiger partial charge in [-0.25, -0.2) is 8.42 Å². The highest BCUT2D eigenvalue weighted by molar-refractivity contribution is 7.92. The molecule has 15 heavy (non-hydrogen) atoms. The summed E-state index contributed by atoms with van der Waals surface area (Å²) in [7, 11) is -3.99.